The van der Waals surface area contributed by atoms with Crippen molar-refractivity contribution in [2.75, 3.05) is 18.5 Å². The summed E-state index contributed by atoms with van der Waals surface area (Å²) in [6.07, 6.45) is 2.58. The first-order valence-electron chi connectivity index (χ1n) is 6.09. The molecule has 1 fully saturated rings. The summed E-state index contributed by atoms with van der Waals surface area (Å²) >= 11 is 0. The van der Waals surface area contributed by atoms with Crippen molar-refractivity contribution in [2.24, 2.45) is 0 Å². The van der Waals surface area contributed by atoms with E-state index in [2.05, 4.69) is 41.2 Å². The van der Waals surface area contributed by atoms with Crippen LogP contribution in [0.25, 0.3) is 0 Å². The molecule has 1 aromatic rings. The molecule has 2 heterocycles. The van der Waals surface area contributed by atoms with Gasteiger partial charge in [0.1, 0.15) is 5.82 Å². The average Bonchev–Trinajstić information content (AvgIpc) is 2.64. The second-order valence-electron chi connectivity index (χ2n) is 4.69. The van der Waals surface area contributed by atoms with Gasteiger partial charge in [-0.25, -0.2) is 4.98 Å². The highest BCUT2D eigenvalue weighted by Crippen LogP contribution is 2.24. The molecule has 3 heteroatoms. The number of hydrogen-bond donors (Lipinski definition) is 1. The van der Waals surface area contributed by atoms with Gasteiger partial charge in [0.15, 0.2) is 0 Å². The van der Waals surface area contributed by atoms with Gasteiger partial charge in [0.25, 0.3) is 0 Å². The summed E-state index contributed by atoms with van der Waals surface area (Å²) in [6, 6.07) is 5.00. The summed E-state index contributed by atoms with van der Waals surface area (Å²) in [5, 5.41) is 3.19. The first-order chi connectivity index (χ1) is 7.70. The minimum absolute atomic E-state index is 0.636. The molecule has 0 saturated carbocycles. The number of nitrogens with one attached hydrogen (secondary N) is 1. The van der Waals surface area contributed by atoms with Crippen molar-refractivity contribution in [3.05, 3.63) is 23.4 Å². The number of aryl methyl sites for hydroxylation is 1. The molecule has 0 spiro atoms. The molecule has 1 atom stereocenters. The van der Waals surface area contributed by atoms with Gasteiger partial charge in [0, 0.05) is 24.8 Å². The molecule has 1 aliphatic rings. The number of pyridine rings is 1. The maximum absolute atomic E-state index is 4.65. The van der Waals surface area contributed by atoms with Gasteiger partial charge in [-0.3, -0.25) is 0 Å². The monoisotopic (exact) mass is 219 g/mol. The smallest absolute Gasteiger partial charge is 0.129 e. The van der Waals surface area contributed by atoms with Gasteiger partial charge in [-0.15, -0.1) is 0 Å². The maximum atomic E-state index is 4.65. The maximum Gasteiger partial charge on any atom is 0.129 e. The zero-order chi connectivity index (χ0) is 11.5. The lowest BCUT2D eigenvalue weighted by Gasteiger charge is -2.23. The molecule has 0 aromatic carbocycles. The fourth-order valence-corrected chi connectivity index (χ4v) is 2.45. The highest BCUT2D eigenvalue weighted by Gasteiger charge is 2.21. The number of nitrogens with zero attached hydrogens (tertiary/aromatic N) is 2. The van der Waals surface area contributed by atoms with Gasteiger partial charge >= 0.3 is 0 Å². The molecule has 88 valence electrons. The van der Waals surface area contributed by atoms with Crippen molar-refractivity contribution in [1.29, 1.82) is 0 Å². The van der Waals surface area contributed by atoms with Crippen LogP contribution >= 0.6 is 0 Å². The predicted octanol–water partition coefficient (Wildman–Crippen LogP) is 2.10. The van der Waals surface area contributed by atoms with Crippen LogP contribution in [0, 0.1) is 6.92 Å². The second kappa shape index (κ2) is 4.83. The van der Waals surface area contributed by atoms with Crippen LogP contribution in [0.3, 0.4) is 0 Å². The van der Waals surface area contributed by atoms with E-state index in [0.717, 1.165) is 24.6 Å². The quantitative estimate of drug-likeness (QED) is 0.844. The highest BCUT2D eigenvalue weighted by atomic mass is 15.2. The minimum atomic E-state index is 0.636. The van der Waals surface area contributed by atoms with Crippen molar-refractivity contribution >= 4 is 5.82 Å². The first kappa shape index (κ1) is 11.4. The van der Waals surface area contributed by atoms with E-state index in [1.165, 1.54) is 18.4 Å². The Labute approximate surface area is 97.9 Å². The molecular formula is C13H21N3. The summed E-state index contributed by atoms with van der Waals surface area (Å²) in [5.41, 5.74) is 2.44. The van der Waals surface area contributed by atoms with Crippen LogP contribution < -0.4 is 10.2 Å². The Bertz CT molecular complexity index is 362. The third kappa shape index (κ3) is 2.35. The van der Waals surface area contributed by atoms with Crippen LogP contribution in [0.5, 0.6) is 0 Å². The standard InChI is InChI=1S/C13H21N3/c1-10-7-12(9-14-3)8-13(15-10)16-6-4-5-11(16)2/h7-8,11,14H,4-6,9H2,1-3H3. The van der Waals surface area contributed by atoms with Gasteiger partial charge in [-0.05, 0) is 51.4 Å². The summed E-state index contributed by atoms with van der Waals surface area (Å²) in [5.74, 6) is 1.15. The fourth-order valence-electron chi connectivity index (χ4n) is 2.45. The van der Waals surface area contributed by atoms with Crippen molar-refractivity contribution in [3.63, 3.8) is 0 Å². The van der Waals surface area contributed by atoms with E-state index >= 15 is 0 Å². The lowest BCUT2D eigenvalue weighted by Crippen LogP contribution is -2.27. The van der Waals surface area contributed by atoms with Crippen LogP contribution in [0.15, 0.2) is 12.1 Å². The fraction of sp³-hybridized carbons (Fsp3) is 0.615. The molecule has 1 saturated heterocycles. The number of rotatable bonds is 3. The number of hydrogen-bond acceptors (Lipinski definition) is 3. The molecule has 0 aliphatic carbocycles. The molecule has 1 aromatic heterocycles. The molecule has 1 N–H and O–H groups in total. The summed E-state index contributed by atoms with van der Waals surface area (Å²) in [7, 11) is 1.98. The zero-order valence-corrected chi connectivity index (χ0v) is 10.5. The van der Waals surface area contributed by atoms with E-state index in [1.807, 2.05) is 7.05 Å². The third-order valence-electron chi connectivity index (χ3n) is 3.23. The van der Waals surface area contributed by atoms with Crippen LogP contribution in [0.4, 0.5) is 5.82 Å². The summed E-state index contributed by atoms with van der Waals surface area (Å²) in [4.78, 5) is 7.07. The van der Waals surface area contributed by atoms with Gasteiger partial charge in [-0.2, -0.15) is 0 Å². The SMILES string of the molecule is CNCc1cc(C)nc(N2CCCC2C)c1. The first-order valence-corrected chi connectivity index (χ1v) is 6.09. The molecule has 0 radical (unpaired) electrons. The van der Waals surface area contributed by atoms with E-state index in [1.54, 1.807) is 0 Å². The van der Waals surface area contributed by atoms with Crippen molar-refractivity contribution in [3.8, 4) is 0 Å². The Morgan fingerprint density at radius 1 is 1.50 bits per heavy atom. The largest absolute Gasteiger partial charge is 0.354 e. The van der Waals surface area contributed by atoms with E-state index in [0.29, 0.717) is 6.04 Å². The molecule has 16 heavy (non-hydrogen) atoms. The second-order valence-corrected chi connectivity index (χ2v) is 4.69. The molecule has 3 nitrogen and oxygen atoms in total. The van der Waals surface area contributed by atoms with Gasteiger partial charge in [-0.1, -0.05) is 0 Å². The molecule has 0 amide bonds. The minimum Gasteiger partial charge on any atom is -0.354 e. The highest BCUT2D eigenvalue weighted by molar-refractivity contribution is 5.44. The summed E-state index contributed by atoms with van der Waals surface area (Å²) < 4.78 is 0. The predicted molar refractivity (Wildman–Crippen MR) is 67.8 cm³/mol. The van der Waals surface area contributed by atoms with E-state index in [9.17, 15) is 0 Å². The Morgan fingerprint density at radius 3 is 2.94 bits per heavy atom. The normalized spacial score (nSPS) is 20.4. The van der Waals surface area contributed by atoms with Crippen molar-refractivity contribution < 1.29 is 0 Å². The lowest BCUT2D eigenvalue weighted by atomic mass is 10.2. The van der Waals surface area contributed by atoms with E-state index in [4.69, 9.17) is 0 Å². The van der Waals surface area contributed by atoms with Gasteiger partial charge in [0.2, 0.25) is 0 Å². The lowest BCUT2D eigenvalue weighted by molar-refractivity contribution is 0.723. The van der Waals surface area contributed by atoms with Crippen molar-refractivity contribution in [1.82, 2.24) is 10.3 Å². The zero-order valence-electron chi connectivity index (χ0n) is 10.5. The van der Waals surface area contributed by atoms with Crippen LogP contribution in [0.2, 0.25) is 0 Å². The molecule has 1 unspecified atom stereocenters. The summed E-state index contributed by atoms with van der Waals surface area (Å²) in [6.45, 7) is 6.42. The average molecular weight is 219 g/mol. The van der Waals surface area contributed by atoms with Gasteiger partial charge < -0.3 is 10.2 Å². The van der Waals surface area contributed by atoms with Gasteiger partial charge in [0.05, 0.1) is 0 Å². The Hall–Kier alpha value is -1.09. The number of anilines is 1. The van der Waals surface area contributed by atoms with Crippen LogP contribution in [-0.2, 0) is 6.54 Å². The van der Waals surface area contributed by atoms with Crippen molar-refractivity contribution in [2.45, 2.75) is 39.3 Å². The Morgan fingerprint density at radius 2 is 2.31 bits per heavy atom. The van der Waals surface area contributed by atoms with E-state index < -0.39 is 0 Å². The Kier molecular flexibility index (Phi) is 3.44. The Balaban J connectivity index is 2.25. The molecule has 1 aliphatic heterocycles. The topological polar surface area (TPSA) is 28.2 Å². The molecular weight excluding hydrogens is 198 g/mol. The molecule has 2 rings (SSSR count). The third-order valence-corrected chi connectivity index (χ3v) is 3.23. The van der Waals surface area contributed by atoms with Crippen LogP contribution in [-0.4, -0.2) is 24.6 Å². The van der Waals surface area contributed by atoms with E-state index in [-0.39, 0.29) is 0 Å². The molecule has 0 bridgehead atoms. The number of aromatic nitrogens is 1. The van der Waals surface area contributed by atoms with Crippen LogP contribution in [0.1, 0.15) is 31.0 Å².